The van der Waals surface area contributed by atoms with Crippen LogP contribution in [0.3, 0.4) is 0 Å². The largest absolute Gasteiger partial charge is 0.508 e. The second-order valence-electron chi connectivity index (χ2n) is 4.87. The van der Waals surface area contributed by atoms with E-state index in [4.69, 9.17) is 0 Å². The van der Waals surface area contributed by atoms with E-state index in [0.29, 0.717) is 5.56 Å². The molecule has 0 aromatic heterocycles. The maximum Gasteiger partial charge on any atom is 0.416 e. The number of phenols is 2. The fraction of sp³-hybridized carbons (Fsp3) is 0.118. The average molecular weight is 338 g/mol. The summed E-state index contributed by atoms with van der Waals surface area (Å²) in [4.78, 5) is 11.7. The van der Waals surface area contributed by atoms with Gasteiger partial charge in [-0.15, -0.1) is 0 Å². The lowest BCUT2D eigenvalue weighted by molar-refractivity contribution is -0.137. The molecule has 0 aliphatic carbocycles. The van der Waals surface area contributed by atoms with Gasteiger partial charge in [0.2, 0.25) is 0 Å². The summed E-state index contributed by atoms with van der Waals surface area (Å²) in [6, 6.07) is 6.61. The second-order valence-corrected chi connectivity index (χ2v) is 4.87. The van der Waals surface area contributed by atoms with Crippen LogP contribution in [-0.4, -0.2) is 23.3 Å². The first-order chi connectivity index (χ1) is 11.2. The number of halogens is 3. The van der Waals surface area contributed by atoms with Crippen LogP contribution in [-0.2, 0) is 10.9 Å². The van der Waals surface area contributed by atoms with Gasteiger partial charge in [0.05, 0.1) is 12.7 Å². The molecule has 0 fully saturated rings. The SMILES string of the molecule is COC(=O)c1c(O)cc(O)cc1C=Cc1ccc(C(F)(F)F)cc1. The summed E-state index contributed by atoms with van der Waals surface area (Å²) in [6.45, 7) is 0. The number of benzene rings is 2. The average Bonchev–Trinajstić information content (AvgIpc) is 2.51. The summed E-state index contributed by atoms with van der Waals surface area (Å²) in [5.41, 5.74) is -0.316. The summed E-state index contributed by atoms with van der Waals surface area (Å²) in [7, 11) is 1.14. The zero-order valence-corrected chi connectivity index (χ0v) is 12.5. The number of methoxy groups -OCH3 is 1. The first-order valence-corrected chi connectivity index (χ1v) is 6.72. The van der Waals surface area contributed by atoms with Crippen molar-refractivity contribution >= 4 is 18.1 Å². The van der Waals surface area contributed by atoms with Crippen molar-refractivity contribution in [3.63, 3.8) is 0 Å². The molecule has 0 saturated carbocycles. The zero-order chi connectivity index (χ0) is 17.9. The molecule has 2 rings (SSSR count). The fourth-order valence-corrected chi connectivity index (χ4v) is 2.06. The van der Waals surface area contributed by atoms with Crippen molar-refractivity contribution in [3.8, 4) is 11.5 Å². The summed E-state index contributed by atoms with van der Waals surface area (Å²) < 4.78 is 42.1. The Kier molecular flexibility index (Phi) is 4.82. The maximum atomic E-state index is 12.5. The van der Waals surface area contributed by atoms with E-state index in [2.05, 4.69) is 4.74 Å². The number of esters is 1. The molecular formula is C17H13F3O4. The van der Waals surface area contributed by atoms with Gasteiger partial charge in [0.1, 0.15) is 17.1 Å². The van der Waals surface area contributed by atoms with Crippen molar-refractivity contribution < 1.29 is 32.9 Å². The van der Waals surface area contributed by atoms with Gasteiger partial charge in [0.15, 0.2) is 0 Å². The highest BCUT2D eigenvalue weighted by Gasteiger charge is 2.29. The van der Waals surface area contributed by atoms with Gasteiger partial charge in [-0.3, -0.25) is 0 Å². The molecule has 2 aromatic carbocycles. The van der Waals surface area contributed by atoms with Gasteiger partial charge in [-0.25, -0.2) is 4.79 Å². The van der Waals surface area contributed by atoms with E-state index in [1.54, 1.807) is 0 Å². The number of hydrogen-bond donors (Lipinski definition) is 2. The molecule has 24 heavy (non-hydrogen) atoms. The topological polar surface area (TPSA) is 66.8 Å². The van der Waals surface area contributed by atoms with Crippen LogP contribution in [0.5, 0.6) is 11.5 Å². The summed E-state index contributed by atoms with van der Waals surface area (Å²) in [5, 5.41) is 19.3. The highest BCUT2D eigenvalue weighted by atomic mass is 19.4. The zero-order valence-electron chi connectivity index (χ0n) is 12.5. The molecule has 2 aromatic rings. The second kappa shape index (κ2) is 6.66. The van der Waals surface area contributed by atoms with Crippen LogP contribution in [0.1, 0.15) is 27.0 Å². The van der Waals surface area contributed by atoms with E-state index in [-0.39, 0.29) is 16.9 Å². The molecule has 4 nitrogen and oxygen atoms in total. The third-order valence-corrected chi connectivity index (χ3v) is 3.22. The van der Waals surface area contributed by atoms with Gasteiger partial charge in [0, 0.05) is 6.07 Å². The molecule has 0 unspecified atom stereocenters. The maximum absolute atomic E-state index is 12.5. The van der Waals surface area contributed by atoms with Crippen LogP contribution in [0.4, 0.5) is 13.2 Å². The number of rotatable bonds is 3. The third kappa shape index (κ3) is 3.87. The molecule has 0 amide bonds. The minimum absolute atomic E-state index is 0.154. The quantitative estimate of drug-likeness (QED) is 0.654. The molecule has 7 heteroatoms. The van der Waals surface area contributed by atoms with Gasteiger partial charge >= 0.3 is 12.1 Å². The molecule has 0 atom stereocenters. The predicted molar refractivity (Wildman–Crippen MR) is 81.5 cm³/mol. The molecule has 0 aliphatic rings. The van der Waals surface area contributed by atoms with Gasteiger partial charge in [-0.05, 0) is 29.3 Å². The summed E-state index contributed by atoms with van der Waals surface area (Å²) in [5.74, 6) is -1.54. The van der Waals surface area contributed by atoms with Crippen molar-refractivity contribution in [2.24, 2.45) is 0 Å². The van der Waals surface area contributed by atoms with Crippen LogP contribution in [0.25, 0.3) is 12.2 Å². The van der Waals surface area contributed by atoms with E-state index in [0.717, 1.165) is 25.3 Å². The van der Waals surface area contributed by atoms with Crippen molar-refractivity contribution in [2.75, 3.05) is 7.11 Å². The van der Waals surface area contributed by atoms with Crippen LogP contribution >= 0.6 is 0 Å². The van der Waals surface area contributed by atoms with Crippen molar-refractivity contribution in [3.05, 3.63) is 58.7 Å². The Hall–Kier alpha value is -2.96. The third-order valence-electron chi connectivity index (χ3n) is 3.22. The van der Waals surface area contributed by atoms with E-state index in [1.807, 2.05) is 0 Å². The molecule has 0 bridgehead atoms. The van der Waals surface area contributed by atoms with Gasteiger partial charge < -0.3 is 14.9 Å². The van der Waals surface area contributed by atoms with Gasteiger partial charge in [-0.1, -0.05) is 24.3 Å². The summed E-state index contributed by atoms with van der Waals surface area (Å²) >= 11 is 0. The predicted octanol–water partition coefficient (Wildman–Crippen LogP) is 4.07. The van der Waals surface area contributed by atoms with Crippen LogP contribution in [0.15, 0.2) is 36.4 Å². The highest BCUT2D eigenvalue weighted by Crippen LogP contribution is 2.31. The number of alkyl halides is 3. The molecule has 0 saturated heterocycles. The van der Waals surface area contributed by atoms with E-state index in [1.165, 1.54) is 30.4 Å². The Morgan fingerprint density at radius 2 is 1.71 bits per heavy atom. The molecule has 0 aliphatic heterocycles. The lowest BCUT2D eigenvalue weighted by Gasteiger charge is -2.08. The normalized spacial score (nSPS) is 11.7. The lowest BCUT2D eigenvalue weighted by Crippen LogP contribution is -2.04. The minimum atomic E-state index is -4.42. The van der Waals surface area contributed by atoms with Crippen molar-refractivity contribution in [1.29, 1.82) is 0 Å². The Labute approximate surface area is 135 Å². The number of hydrogen-bond acceptors (Lipinski definition) is 4. The van der Waals surface area contributed by atoms with Crippen LogP contribution < -0.4 is 0 Å². The van der Waals surface area contributed by atoms with Crippen molar-refractivity contribution in [2.45, 2.75) is 6.18 Å². The van der Waals surface area contributed by atoms with E-state index in [9.17, 15) is 28.2 Å². The first kappa shape index (κ1) is 17.4. The number of carbonyl (C=O) groups excluding carboxylic acids is 1. The Morgan fingerprint density at radius 1 is 1.08 bits per heavy atom. The highest BCUT2D eigenvalue weighted by molar-refractivity contribution is 5.97. The summed E-state index contributed by atoms with van der Waals surface area (Å²) in [6.07, 6.45) is -1.59. The van der Waals surface area contributed by atoms with Gasteiger partial charge in [0.25, 0.3) is 0 Å². The van der Waals surface area contributed by atoms with Crippen molar-refractivity contribution in [1.82, 2.24) is 0 Å². The first-order valence-electron chi connectivity index (χ1n) is 6.72. The van der Waals surface area contributed by atoms with Crippen LogP contribution in [0.2, 0.25) is 0 Å². The number of aromatic hydroxyl groups is 2. The lowest BCUT2D eigenvalue weighted by atomic mass is 10.0. The standard InChI is InChI=1S/C17H13F3O4/c1-24-16(23)15-11(8-13(21)9-14(15)22)5-2-10-3-6-12(7-4-10)17(18,19)20/h2-9,21-22H,1H3. The van der Waals surface area contributed by atoms with E-state index < -0.39 is 23.5 Å². The molecule has 0 heterocycles. The number of ether oxygens (including phenoxy) is 1. The number of carbonyl (C=O) groups is 1. The van der Waals surface area contributed by atoms with Gasteiger partial charge in [-0.2, -0.15) is 13.2 Å². The Morgan fingerprint density at radius 3 is 2.25 bits per heavy atom. The minimum Gasteiger partial charge on any atom is -0.508 e. The molecular weight excluding hydrogens is 325 g/mol. The Bertz CT molecular complexity index is 778. The molecule has 0 radical (unpaired) electrons. The monoisotopic (exact) mass is 338 g/mol. The fourth-order valence-electron chi connectivity index (χ4n) is 2.06. The Balaban J connectivity index is 2.37. The molecule has 0 spiro atoms. The number of phenolic OH excluding ortho intramolecular Hbond substituents is 2. The smallest absolute Gasteiger partial charge is 0.416 e. The molecule has 2 N–H and O–H groups in total. The van der Waals surface area contributed by atoms with E-state index >= 15 is 0 Å². The van der Waals surface area contributed by atoms with Crippen LogP contribution in [0, 0.1) is 0 Å². The molecule has 126 valence electrons.